The van der Waals surface area contributed by atoms with Gasteiger partial charge in [-0.15, -0.1) is 0 Å². The highest BCUT2D eigenvalue weighted by molar-refractivity contribution is 5.96. The summed E-state index contributed by atoms with van der Waals surface area (Å²) >= 11 is 0. The summed E-state index contributed by atoms with van der Waals surface area (Å²) in [6.45, 7) is 5.58. The number of phenolic OH excluding ortho intramolecular Hbond substituents is 1. The zero-order valence-corrected chi connectivity index (χ0v) is 34.3. The van der Waals surface area contributed by atoms with Gasteiger partial charge >= 0.3 is 12.1 Å². The van der Waals surface area contributed by atoms with Crippen LogP contribution in [0.1, 0.15) is 70.9 Å². The molecule has 0 radical (unpaired) electrons. The lowest BCUT2D eigenvalue weighted by Gasteiger charge is -2.43. The number of aliphatic hydroxyl groups excluding tert-OH is 1. The summed E-state index contributed by atoms with van der Waals surface area (Å²) in [5.41, 5.74) is 3.29. The third-order valence-corrected chi connectivity index (χ3v) is 11.4. The number of nitrogens with zero attached hydrogens (tertiary/aromatic N) is 2. The van der Waals surface area contributed by atoms with E-state index in [2.05, 4.69) is 20.5 Å². The number of esters is 1. The van der Waals surface area contributed by atoms with E-state index < -0.39 is 24.2 Å². The number of benzene rings is 4. The summed E-state index contributed by atoms with van der Waals surface area (Å²) in [6, 6.07) is 29.7. The molecule has 3 aliphatic heterocycles. The van der Waals surface area contributed by atoms with Crippen LogP contribution >= 0.6 is 0 Å². The van der Waals surface area contributed by atoms with Crippen LogP contribution in [0.5, 0.6) is 11.5 Å². The van der Waals surface area contributed by atoms with Crippen molar-refractivity contribution in [2.45, 2.75) is 51.0 Å². The Labute approximate surface area is 354 Å². The molecule has 5 N–H and O–H groups in total. The summed E-state index contributed by atoms with van der Waals surface area (Å²) < 4.78 is 17.5. The topological polar surface area (TPSA) is 183 Å². The lowest BCUT2D eigenvalue weighted by molar-refractivity contribution is -0.143. The molecule has 2 amide bonds. The molecule has 0 aliphatic carbocycles. The second-order valence-corrected chi connectivity index (χ2v) is 15.5. The van der Waals surface area contributed by atoms with Crippen molar-refractivity contribution in [3.63, 3.8) is 0 Å². The molecule has 0 saturated carbocycles. The molecule has 320 valence electrons. The predicted octanol–water partition coefficient (Wildman–Crippen LogP) is 5.44. The Morgan fingerprint density at radius 1 is 0.918 bits per heavy atom. The minimum Gasteiger partial charge on any atom is -0.506 e. The van der Waals surface area contributed by atoms with Crippen molar-refractivity contribution in [2.75, 3.05) is 52.4 Å². The molecule has 8 rings (SSSR count). The van der Waals surface area contributed by atoms with Crippen molar-refractivity contribution in [1.29, 1.82) is 0 Å². The van der Waals surface area contributed by atoms with Crippen LogP contribution in [0.25, 0.3) is 10.9 Å². The van der Waals surface area contributed by atoms with Gasteiger partial charge in [0.1, 0.15) is 30.8 Å². The third kappa shape index (κ3) is 10.9. The van der Waals surface area contributed by atoms with E-state index in [0.29, 0.717) is 41.1 Å². The maximum atomic E-state index is 13.7. The first-order valence-electron chi connectivity index (χ1n) is 20.9. The zero-order chi connectivity index (χ0) is 42.7. The van der Waals surface area contributed by atoms with Crippen LogP contribution < -0.4 is 20.9 Å². The van der Waals surface area contributed by atoms with E-state index in [9.17, 15) is 29.4 Å². The van der Waals surface area contributed by atoms with Gasteiger partial charge in [-0.25, -0.2) is 4.79 Å². The molecule has 14 nitrogen and oxygen atoms in total. The maximum Gasteiger partial charge on any atom is 0.408 e. The van der Waals surface area contributed by atoms with Gasteiger partial charge in [0.25, 0.3) is 5.91 Å². The van der Waals surface area contributed by atoms with E-state index in [1.807, 2.05) is 66.7 Å². The molecule has 14 heteroatoms. The number of carbonyl (C=O) groups excluding carboxylic acids is 3. The first kappa shape index (κ1) is 42.9. The Morgan fingerprint density at radius 3 is 2.41 bits per heavy atom. The molecule has 61 heavy (non-hydrogen) atoms. The minimum absolute atomic E-state index is 0.0896. The van der Waals surface area contributed by atoms with Crippen LogP contribution in [0.3, 0.4) is 0 Å². The van der Waals surface area contributed by atoms with Crippen LogP contribution in [0.15, 0.2) is 108 Å². The summed E-state index contributed by atoms with van der Waals surface area (Å²) in [5.74, 6) is 0.0326. The monoisotopic (exact) mass is 831 g/mol. The maximum absolute atomic E-state index is 13.7. The second kappa shape index (κ2) is 20.4. The van der Waals surface area contributed by atoms with Gasteiger partial charge in [0.05, 0.1) is 24.3 Å². The number of rotatable bonds is 18. The normalized spacial score (nSPS) is 17.9. The number of pyridine rings is 1. The van der Waals surface area contributed by atoms with E-state index in [1.54, 1.807) is 31.2 Å². The Balaban J connectivity index is 0.958. The third-order valence-electron chi connectivity index (χ3n) is 11.4. The predicted molar refractivity (Wildman–Crippen MR) is 229 cm³/mol. The summed E-state index contributed by atoms with van der Waals surface area (Å²) in [4.78, 5) is 57.9. The van der Waals surface area contributed by atoms with Gasteiger partial charge in [0.15, 0.2) is 0 Å². The number of aliphatic hydroxyl groups is 1. The highest BCUT2D eigenvalue weighted by atomic mass is 16.6. The Hall–Kier alpha value is -6.22. The molecular weight excluding hydrogens is 779 g/mol. The van der Waals surface area contributed by atoms with Crippen molar-refractivity contribution in [1.82, 2.24) is 25.4 Å². The van der Waals surface area contributed by atoms with Gasteiger partial charge in [-0.3, -0.25) is 19.3 Å². The Bertz CT molecular complexity index is 2330. The standard InChI is InChI=1S/C47H53N5O9/c1-2-59-43(56)29-52(24-8-23-48-27-39(54)35-17-19-38(53)45-36(35)18-20-42(55)49-45)46(57)34-15-13-31(14-16-34)30-60-40-12-7-6-11-37(40)44(33-9-4-3-5-10-33)50-47(58)61-41-28-51-25-21-32(41)22-26-51/h3-7,9-20,32,39,41,44,48,53-54H,2,8,21-30H2,1H3,(H,49,55)(H,50,58)/t39-,41-,44?/m0/s1. The molecule has 5 aromatic rings. The van der Waals surface area contributed by atoms with Gasteiger partial charge in [-0.1, -0.05) is 66.7 Å². The summed E-state index contributed by atoms with van der Waals surface area (Å²) in [6.07, 6.45) is 1.02. The average Bonchev–Trinajstić information content (AvgIpc) is 3.28. The quantitative estimate of drug-likeness (QED) is 0.0560. The van der Waals surface area contributed by atoms with Gasteiger partial charge in [0, 0.05) is 42.2 Å². The van der Waals surface area contributed by atoms with Gasteiger partial charge < -0.3 is 44.9 Å². The summed E-state index contributed by atoms with van der Waals surface area (Å²) in [5, 5.41) is 27.9. The van der Waals surface area contributed by atoms with Crippen LogP contribution in [0.4, 0.5) is 4.79 Å². The fraction of sp³-hybridized carbons (Fsp3) is 0.362. The highest BCUT2D eigenvalue weighted by Crippen LogP contribution is 2.33. The SMILES string of the molecule is CCOC(=O)CN(CCCNC[C@H](O)c1ccc(O)c2[nH]c(=O)ccc12)C(=O)c1ccc(COc2ccccc2C(NC(=O)O[C@H]2CN3CCC2CC3)c2ccccc2)cc1. The number of aromatic nitrogens is 1. The van der Waals surface area contributed by atoms with Crippen LogP contribution in [0.2, 0.25) is 0 Å². The lowest BCUT2D eigenvalue weighted by atomic mass is 9.86. The van der Waals surface area contributed by atoms with E-state index in [0.717, 1.165) is 49.2 Å². The Kier molecular flexibility index (Phi) is 14.3. The van der Waals surface area contributed by atoms with Crippen molar-refractivity contribution in [3.8, 4) is 11.5 Å². The fourth-order valence-electron chi connectivity index (χ4n) is 8.17. The first-order valence-corrected chi connectivity index (χ1v) is 20.9. The van der Waals surface area contributed by atoms with Crippen molar-refractivity contribution < 1.29 is 38.8 Å². The number of ether oxygens (including phenoxy) is 3. The smallest absolute Gasteiger partial charge is 0.408 e. The lowest BCUT2D eigenvalue weighted by Crippen LogP contribution is -2.52. The van der Waals surface area contributed by atoms with Crippen LogP contribution in [-0.4, -0.2) is 101 Å². The number of para-hydroxylation sites is 1. The van der Waals surface area contributed by atoms with Gasteiger partial charge in [-0.05, 0) is 98.8 Å². The number of nitrogens with one attached hydrogen (secondary N) is 3. The molecule has 3 atom stereocenters. The van der Waals surface area contributed by atoms with Gasteiger partial charge in [0.2, 0.25) is 5.56 Å². The van der Waals surface area contributed by atoms with E-state index >= 15 is 0 Å². The molecule has 3 aliphatic rings. The average molecular weight is 832 g/mol. The summed E-state index contributed by atoms with van der Waals surface area (Å²) in [7, 11) is 0. The molecule has 4 heterocycles. The molecule has 3 fully saturated rings. The van der Waals surface area contributed by atoms with Crippen LogP contribution in [-0.2, 0) is 20.9 Å². The minimum atomic E-state index is -0.937. The molecule has 1 unspecified atom stereocenters. The highest BCUT2D eigenvalue weighted by Gasteiger charge is 2.37. The number of aromatic hydroxyl groups is 1. The zero-order valence-electron chi connectivity index (χ0n) is 34.3. The molecule has 1 aromatic heterocycles. The van der Waals surface area contributed by atoms with Crippen molar-refractivity contribution in [3.05, 3.63) is 141 Å². The fourth-order valence-corrected chi connectivity index (χ4v) is 8.17. The van der Waals surface area contributed by atoms with E-state index in [1.165, 1.54) is 17.0 Å². The van der Waals surface area contributed by atoms with Gasteiger partial charge in [-0.2, -0.15) is 0 Å². The molecule has 3 saturated heterocycles. The Morgan fingerprint density at radius 2 is 1.67 bits per heavy atom. The molecule has 2 bridgehead atoms. The number of aromatic amines is 1. The number of hydrogen-bond donors (Lipinski definition) is 5. The number of phenols is 1. The molecule has 4 aromatic carbocycles. The second-order valence-electron chi connectivity index (χ2n) is 15.5. The van der Waals surface area contributed by atoms with Crippen molar-refractivity contribution in [2.24, 2.45) is 5.92 Å². The van der Waals surface area contributed by atoms with E-state index in [-0.39, 0.29) is 61.7 Å². The first-order chi connectivity index (χ1) is 29.7. The van der Waals surface area contributed by atoms with Crippen LogP contribution in [0, 0.1) is 5.92 Å². The largest absolute Gasteiger partial charge is 0.506 e. The van der Waals surface area contributed by atoms with Crippen molar-refractivity contribution >= 4 is 28.9 Å². The number of carbonyl (C=O) groups is 3. The molecular formula is C47H53N5O9. The number of fused-ring (bicyclic) bond motifs is 4. The number of piperidine rings is 3. The number of H-pyrrole nitrogens is 1. The van der Waals surface area contributed by atoms with E-state index in [4.69, 9.17) is 14.2 Å². The number of hydrogen-bond acceptors (Lipinski definition) is 11. The molecule has 0 spiro atoms. The number of amides is 2. The number of alkyl carbamates (subject to hydrolysis) is 1.